The summed E-state index contributed by atoms with van der Waals surface area (Å²) in [5, 5.41) is 7.15. The molecular formula is C19H20ClN3O4. The quantitative estimate of drug-likeness (QED) is 0.562. The molecule has 2 aromatic rings. The number of rotatable bonds is 7. The minimum atomic E-state index is -0.447. The SMILES string of the molecule is COc1ccc(C(=O)NCC(=O)N/N=C(/C)c2ccc(Cl)cc2)cc1OC. The number of hydrogen-bond acceptors (Lipinski definition) is 5. The number of carbonyl (C=O) groups is 2. The van der Waals surface area contributed by atoms with Crippen molar-refractivity contribution in [2.24, 2.45) is 5.10 Å². The molecule has 27 heavy (non-hydrogen) atoms. The van der Waals surface area contributed by atoms with E-state index in [9.17, 15) is 9.59 Å². The minimum absolute atomic E-state index is 0.218. The first-order valence-corrected chi connectivity index (χ1v) is 8.41. The molecule has 0 unspecified atom stereocenters. The highest BCUT2D eigenvalue weighted by molar-refractivity contribution is 6.30. The van der Waals surface area contributed by atoms with Gasteiger partial charge < -0.3 is 14.8 Å². The monoisotopic (exact) mass is 389 g/mol. The molecule has 0 saturated heterocycles. The fourth-order valence-corrected chi connectivity index (χ4v) is 2.31. The van der Waals surface area contributed by atoms with Gasteiger partial charge in [-0.1, -0.05) is 23.7 Å². The van der Waals surface area contributed by atoms with Crippen molar-refractivity contribution < 1.29 is 19.1 Å². The second kappa shape index (κ2) is 9.59. The van der Waals surface area contributed by atoms with Gasteiger partial charge in [0.15, 0.2) is 11.5 Å². The molecule has 0 radical (unpaired) electrons. The van der Waals surface area contributed by atoms with Gasteiger partial charge in [0, 0.05) is 10.6 Å². The van der Waals surface area contributed by atoms with Gasteiger partial charge in [-0.3, -0.25) is 9.59 Å². The molecule has 0 aliphatic heterocycles. The van der Waals surface area contributed by atoms with Crippen LogP contribution in [0.4, 0.5) is 0 Å². The standard InChI is InChI=1S/C19H20ClN3O4/c1-12(13-4-7-15(20)8-5-13)22-23-18(24)11-21-19(25)14-6-9-16(26-2)17(10-14)27-3/h4-10H,11H2,1-3H3,(H,21,25)(H,23,24)/b22-12-. The van der Waals surface area contributed by atoms with Crippen molar-refractivity contribution in [2.75, 3.05) is 20.8 Å². The first-order valence-electron chi connectivity index (χ1n) is 8.04. The highest BCUT2D eigenvalue weighted by Gasteiger charge is 2.12. The van der Waals surface area contributed by atoms with Gasteiger partial charge in [0.2, 0.25) is 0 Å². The van der Waals surface area contributed by atoms with Gasteiger partial charge in [-0.2, -0.15) is 5.10 Å². The third kappa shape index (κ3) is 5.72. The number of hydrazone groups is 1. The van der Waals surface area contributed by atoms with Crippen LogP contribution in [0.5, 0.6) is 11.5 Å². The lowest BCUT2D eigenvalue weighted by molar-refractivity contribution is -0.120. The summed E-state index contributed by atoms with van der Waals surface area (Å²) < 4.78 is 10.3. The van der Waals surface area contributed by atoms with Crippen LogP contribution in [0.2, 0.25) is 5.02 Å². The molecule has 2 aromatic carbocycles. The highest BCUT2D eigenvalue weighted by atomic mass is 35.5. The molecule has 7 nitrogen and oxygen atoms in total. The van der Waals surface area contributed by atoms with E-state index in [2.05, 4.69) is 15.8 Å². The molecule has 2 N–H and O–H groups in total. The summed E-state index contributed by atoms with van der Waals surface area (Å²) >= 11 is 5.84. The number of ether oxygens (including phenoxy) is 2. The normalized spacial score (nSPS) is 10.9. The Kier molecular flexibility index (Phi) is 7.19. The Morgan fingerprint density at radius 1 is 1.00 bits per heavy atom. The Morgan fingerprint density at radius 3 is 2.26 bits per heavy atom. The summed E-state index contributed by atoms with van der Waals surface area (Å²) in [4.78, 5) is 24.1. The maximum atomic E-state index is 12.2. The first kappa shape index (κ1) is 20.3. The summed E-state index contributed by atoms with van der Waals surface area (Å²) in [7, 11) is 2.99. The summed E-state index contributed by atoms with van der Waals surface area (Å²) in [6.45, 7) is 1.54. The van der Waals surface area contributed by atoms with Crippen LogP contribution in [-0.4, -0.2) is 38.3 Å². The van der Waals surface area contributed by atoms with E-state index >= 15 is 0 Å². The largest absolute Gasteiger partial charge is 0.493 e. The van der Waals surface area contributed by atoms with Gasteiger partial charge in [-0.25, -0.2) is 5.43 Å². The van der Waals surface area contributed by atoms with Gasteiger partial charge in [-0.15, -0.1) is 0 Å². The van der Waals surface area contributed by atoms with Gasteiger partial charge in [0.1, 0.15) is 0 Å². The lowest BCUT2D eigenvalue weighted by atomic mass is 10.1. The predicted octanol–water partition coefficient (Wildman–Crippen LogP) is 2.63. The second-order valence-electron chi connectivity index (χ2n) is 5.49. The van der Waals surface area contributed by atoms with E-state index in [0.717, 1.165) is 5.56 Å². The predicted molar refractivity (Wildman–Crippen MR) is 104 cm³/mol. The van der Waals surface area contributed by atoms with Crippen molar-refractivity contribution >= 4 is 29.1 Å². The van der Waals surface area contributed by atoms with Crippen LogP contribution >= 0.6 is 11.6 Å². The van der Waals surface area contributed by atoms with Crippen LogP contribution in [0, 0.1) is 0 Å². The molecule has 8 heteroatoms. The number of halogens is 1. The van der Waals surface area contributed by atoms with Crippen LogP contribution in [0.3, 0.4) is 0 Å². The van der Waals surface area contributed by atoms with Crippen molar-refractivity contribution in [3.63, 3.8) is 0 Å². The molecule has 0 heterocycles. The van der Waals surface area contributed by atoms with Crippen molar-refractivity contribution in [1.29, 1.82) is 0 Å². The van der Waals surface area contributed by atoms with Gasteiger partial charge in [0.05, 0.1) is 26.5 Å². The van der Waals surface area contributed by atoms with E-state index in [1.165, 1.54) is 20.3 Å². The molecule has 0 atom stereocenters. The number of carbonyl (C=O) groups excluding carboxylic acids is 2. The lowest BCUT2D eigenvalue weighted by Gasteiger charge is -2.10. The van der Waals surface area contributed by atoms with Crippen molar-refractivity contribution in [3.8, 4) is 11.5 Å². The van der Waals surface area contributed by atoms with Gasteiger partial charge >= 0.3 is 0 Å². The average molecular weight is 390 g/mol. The number of nitrogens with zero attached hydrogens (tertiary/aromatic N) is 1. The van der Waals surface area contributed by atoms with Crippen LogP contribution < -0.4 is 20.2 Å². The van der Waals surface area contributed by atoms with E-state index < -0.39 is 11.8 Å². The maximum Gasteiger partial charge on any atom is 0.259 e. The van der Waals surface area contributed by atoms with Crippen molar-refractivity contribution in [3.05, 3.63) is 58.6 Å². The van der Waals surface area contributed by atoms with Crippen LogP contribution in [0.15, 0.2) is 47.6 Å². The Bertz CT molecular complexity index is 851. The lowest BCUT2D eigenvalue weighted by Crippen LogP contribution is -2.35. The Morgan fingerprint density at radius 2 is 1.63 bits per heavy atom. The third-order valence-corrected chi connectivity index (χ3v) is 3.92. The first-order chi connectivity index (χ1) is 12.9. The van der Waals surface area contributed by atoms with Crippen LogP contribution in [0.25, 0.3) is 0 Å². The van der Waals surface area contributed by atoms with Gasteiger partial charge in [-0.05, 0) is 42.8 Å². The third-order valence-electron chi connectivity index (χ3n) is 3.67. The molecule has 2 rings (SSSR count). The summed E-state index contributed by atoms with van der Waals surface area (Å²) in [5.74, 6) is 0.0817. The zero-order chi connectivity index (χ0) is 19.8. The Balaban J connectivity index is 1.90. The fraction of sp³-hybridized carbons (Fsp3) is 0.211. The van der Waals surface area contributed by atoms with E-state index in [1.54, 1.807) is 43.3 Å². The van der Waals surface area contributed by atoms with Crippen LogP contribution in [0.1, 0.15) is 22.8 Å². The highest BCUT2D eigenvalue weighted by Crippen LogP contribution is 2.27. The van der Waals surface area contributed by atoms with E-state index in [1.807, 2.05) is 0 Å². The zero-order valence-corrected chi connectivity index (χ0v) is 16.0. The van der Waals surface area contributed by atoms with E-state index in [0.29, 0.717) is 27.8 Å². The smallest absolute Gasteiger partial charge is 0.259 e. The van der Waals surface area contributed by atoms with Crippen molar-refractivity contribution in [1.82, 2.24) is 10.7 Å². The molecule has 0 bridgehead atoms. The topological polar surface area (TPSA) is 89.0 Å². The van der Waals surface area contributed by atoms with E-state index in [-0.39, 0.29) is 6.54 Å². The average Bonchev–Trinajstić information content (AvgIpc) is 2.70. The molecule has 0 saturated carbocycles. The number of benzene rings is 2. The summed E-state index contributed by atoms with van der Waals surface area (Å²) in [6, 6.07) is 11.8. The summed E-state index contributed by atoms with van der Waals surface area (Å²) in [5.41, 5.74) is 4.19. The number of nitrogens with one attached hydrogen (secondary N) is 2. The molecule has 2 amide bonds. The molecule has 0 aliphatic carbocycles. The molecule has 0 aromatic heterocycles. The van der Waals surface area contributed by atoms with Gasteiger partial charge in [0.25, 0.3) is 11.8 Å². The zero-order valence-electron chi connectivity index (χ0n) is 15.2. The number of methoxy groups -OCH3 is 2. The fourth-order valence-electron chi connectivity index (χ4n) is 2.18. The van der Waals surface area contributed by atoms with Crippen molar-refractivity contribution in [2.45, 2.75) is 6.92 Å². The molecular weight excluding hydrogens is 370 g/mol. The number of hydrogen-bond donors (Lipinski definition) is 2. The van der Waals surface area contributed by atoms with Crippen LogP contribution in [-0.2, 0) is 4.79 Å². The van der Waals surface area contributed by atoms with E-state index in [4.69, 9.17) is 21.1 Å². The summed E-state index contributed by atoms with van der Waals surface area (Å²) in [6.07, 6.45) is 0. The molecule has 0 spiro atoms. The maximum absolute atomic E-state index is 12.2. The molecule has 142 valence electrons. The Labute approximate surface area is 162 Å². The minimum Gasteiger partial charge on any atom is -0.493 e. The molecule has 0 fully saturated rings. The molecule has 0 aliphatic rings. The number of amides is 2. The second-order valence-corrected chi connectivity index (χ2v) is 5.93. The Hall–Kier alpha value is -3.06.